The van der Waals surface area contributed by atoms with Crippen LogP contribution in [0.3, 0.4) is 0 Å². The van der Waals surface area contributed by atoms with E-state index in [-0.39, 0.29) is 11.8 Å². The number of anilines is 1. The molecule has 0 radical (unpaired) electrons. The van der Waals surface area contributed by atoms with Crippen LogP contribution < -0.4 is 10.1 Å². The molecule has 1 aromatic carbocycles. The van der Waals surface area contributed by atoms with Gasteiger partial charge in [-0.25, -0.2) is 4.79 Å². The Labute approximate surface area is 181 Å². The Kier molecular flexibility index (Phi) is 6.36. The van der Waals surface area contributed by atoms with Crippen molar-refractivity contribution < 1.29 is 14.6 Å². The molecule has 164 valence electrons. The maximum atomic E-state index is 11.2. The van der Waals surface area contributed by atoms with Gasteiger partial charge in [0.1, 0.15) is 11.0 Å². The number of hydrogen-bond donors (Lipinski definition) is 3. The SMILES string of the molecule is CCCCOc1nc(NC(=O)O)c2[nH]cc(Cc3ccc4c(c3)CN(CC)CC4)c2n1. The third-order valence-electron chi connectivity index (χ3n) is 5.74. The molecule has 8 nitrogen and oxygen atoms in total. The van der Waals surface area contributed by atoms with Crippen LogP contribution in [0.5, 0.6) is 6.01 Å². The van der Waals surface area contributed by atoms with Crippen molar-refractivity contribution in [3.63, 3.8) is 0 Å². The molecule has 4 rings (SSSR count). The van der Waals surface area contributed by atoms with Crippen LogP contribution in [-0.2, 0) is 19.4 Å². The number of unbranched alkanes of at least 4 members (excludes halogenated alkanes) is 1. The minimum absolute atomic E-state index is 0.189. The van der Waals surface area contributed by atoms with Gasteiger partial charge in [0.25, 0.3) is 0 Å². The molecule has 0 spiro atoms. The molecule has 31 heavy (non-hydrogen) atoms. The largest absolute Gasteiger partial charge is 0.465 e. The number of carbonyl (C=O) groups is 1. The van der Waals surface area contributed by atoms with Crippen LogP contribution in [0.4, 0.5) is 10.6 Å². The average Bonchev–Trinajstić information content (AvgIpc) is 3.16. The standard InChI is InChI=1S/C23H29N5O3/c1-3-5-10-31-22-25-19-17(13-24-20(19)21(26-22)27-23(29)30)11-15-6-7-16-8-9-28(4-2)14-18(16)12-15/h6-7,12-13,24H,3-5,8-11,14H2,1-2H3,(H,29,30)(H,25,26,27). The summed E-state index contributed by atoms with van der Waals surface area (Å²) in [5.74, 6) is 0.208. The molecule has 0 saturated carbocycles. The third-order valence-corrected chi connectivity index (χ3v) is 5.74. The van der Waals surface area contributed by atoms with E-state index in [0.717, 1.165) is 44.5 Å². The second-order valence-corrected chi connectivity index (χ2v) is 7.92. The highest BCUT2D eigenvalue weighted by Gasteiger charge is 2.18. The van der Waals surface area contributed by atoms with Gasteiger partial charge in [0.05, 0.1) is 6.61 Å². The van der Waals surface area contributed by atoms with Crippen LogP contribution >= 0.6 is 0 Å². The number of carboxylic acid groups (broad SMARTS) is 1. The number of aromatic nitrogens is 3. The highest BCUT2D eigenvalue weighted by atomic mass is 16.5. The first-order chi connectivity index (χ1) is 15.1. The van der Waals surface area contributed by atoms with E-state index < -0.39 is 6.09 Å². The summed E-state index contributed by atoms with van der Waals surface area (Å²) in [5.41, 5.74) is 6.24. The quantitative estimate of drug-likeness (QED) is 0.469. The number of fused-ring (bicyclic) bond motifs is 2. The molecule has 1 amide bonds. The molecule has 2 aromatic heterocycles. The lowest BCUT2D eigenvalue weighted by atomic mass is 9.95. The van der Waals surface area contributed by atoms with Gasteiger partial charge in [-0.2, -0.15) is 9.97 Å². The van der Waals surface area contributed by atoms with Crippen LogP contribution in [-0.4, -0.2) is 50.7 Å². The summed E-state index contributed by atoms with van der Waals surface area (Å²) in [7, 11) is 0. The highest BCUT2D eigenvalue weighted by molar-refractivity contribution is 5.95. The summed E-state index contributed by atoms with van der Waals surface area (Å²) < 4.78 is 5.68. The number of aromatic amines is 1. The van der Waals surface area contributed by atoms with Crippen molar-refractivity contribution >= 4 is 22.9 Å². The highest BCUT2D eigenvalue weighted by Crippen LogP contribution is 2.28. The van der Waals surface area contributed by atoms with Crippen LogP contribution in [0.25, 0.3) is 11.0 Å². The Morgan fingerprint density at radius 2 is 2.16 bits per heavy atom. The van der Waals surface area contributed by atoms with E-state index in [2.05, 4.69) is 57.2 Å². The zero-order valence-electron chi connectivity index (χ0n) is 18.1. The predicted octanol–water partition coefficient (Wildman–Crippen LogP) is 4.20. The van der Waals surface area contributed by atoms with Crippen LogP contribution in [0.1, 0.15) is 48.9 Å². The van der Waals surface area contributed by atoms with Crippen molar-refractivity contribution in [1.29, 1.82) is 0 Å². The molecule has 0 unspecified atom stereocenters. The first-order valence-corrected chi connectivity index (χ1v) is 10.9. The van der Waals surface area contributed by atoms with E-state index in [1.54, 1.807) is 0 Å². The number of ether oxygens (including phenoxy) is 1. The number of nitrogens with zero attached hydrogens (tertiary/aromatic N) is 3. The fraction of sp³-hybridized carbons (Fsp3) is 0.435. The second kappa shape index (κ2) is 9.34. The Bertz CT molecular complexity index is 1080. The Morgan fingerprint density at radius 1 is 1.29 bits per heavy atom. The van der Waals surface area contributed by atoms with Crippen molar-refractivity contribution in [3.05, 3.63) is 46.6 Å². The summed E-state index contributed by atoms with van der Waals surface area (Å²) >= 11 is 0. The molecular formula is C23H29N5O3. The molecule has 3 aromatic rings. The Balaban J connectivity index is 1.64. The zero-order valence-corrected chi connectivity index (χ0v) is 18.1. The topological polar surface area (TPSA) is 103 Å². The first-order valence-electron chi connectivity index (χ1n) is 10.9. The normalized spacial score (nSPS) is 13.9. The van der Waals surface area contributed by atoms with E-state index >= 15 is 0 Å². The summed E-state index contributed by atoms with van der Waals surface area (Å²) in [4.78, 5) is 25.7. The van der Waals surface area contributed by atoms with Gasteiger partial charge < -0.3 is 14.8 Å². The average molecular weight is 424 g/mol. The minimum Gasteiger partial charge on any atom is -0.465 e. The van der Waals surface area contributed by atoms with E-state index in [9.17, 15) is 9.90 Å². The van der Waals surface area contributed by atoms with Crippen LogP contribution in [0.15, 0.2) is 24.4 Å². The fourth-order valence-corrected chi connectivity index (χ4v) is 4.00. The van der Waals surface area contributed by atoms with E-state index in [1.165, 1.54) is 16.7 Å². The van der Waals surface area contributed by atoms with Gasteiger partial charge in [0, 0.05) is 31.3 Å². The van der Waals surface area contributed by atoms with E-state index in [1.807, 2.05) is 6.20 Å². The molecule has 0 atom stereocenters. The Hall–Kier alpha value is -3.13. The van der Waals surface area contributed by atoms with Gasteiger partial charge in [-0.15, -0.1) is 0 Å². The lowest BCUT2D eigenvalue weighted by Gasteiger charge is -2.27. The number of rotatable bonds is 8. The lowest BCUT2D eigenvalue weighted by molar-refractivity contribution is 0.209. The smallest absolute Gasteiger partial charge is 0.410 e. The lowest BCUT2D eigenvalue weighted by Crippen LogP contribution is -2.30. The van der Waals surface area contributed by atoms with Crippen molar-refractivity contribution in [3.8, 4) is 6.01 Å². The van der Waals surface area contributed by atoms with Gasteiger partial charge in [-0.1, -0.05) is 38.5 Å². The van der Waals surface area contributed by atoms with Crippen molar-refractivity contribution in [2.45, 2.75) is 46.1 Å². The summed E-state index contributed by atoms with van der Waals surface area (Å²) in [5, 5.41) is 11.6. The molecule has 0 fully saturated rings. The summed E-state index contributed by atoms with van der Waals surface area (Å²) in [6.45, 7) is 7.92. The van der Waals surface area contributed by atoms with Gasteiger partial charge >= 0.3 is 12.1 Å². The molecule has 1 aliphatic rings. The predicted molar refractivity (Wildman–Crippen MR) is 120 cm³/mol. The molecule has 8 heteroatoms. The molecule has 0 aliphatic carbocycles. The van der Waals surface area contributed by atoms with Gasteiger partial charge in [0.15, 0.2) is 5.82 Å². The van der Waals surface area contributed by atoms with E-state index in [0.29, 0.717) is 24.1 Å². The molecular weight excluding hydrogens is 394 g/mol. The molecule has 3 N–H and O–H groups in total. The number of likely N-dealkylation sites (N-methyl/N-ethyl adjacent to an activating group) is 1. The first kappa shape index (κ1) is 21.1. The minimum atomic E-state index is -1.18. The Morgan fingerprint density at radius 3 is 2.94 bits per heavy atom. The van der Waals surface area contributed by atoms with Crippen molar-refractivity contribution in [2.75, 3.05) is 25.0 Å². The van der Waals surface area contributed by atoms with Gasteiger partial charge in [-0.05, 0) is 36.1 Å². The number of H-pyrrole nitrogens is 1. The molecule has 1 aliphatic heterocycles. The maximum absolute atomic E-state index is 11.2. The number of benzene rings is 1. The summed E-state index contributed by atoms with van der Waals surface area (Å²) in [6.07, 6.45) is 4.36. The monoisotopic (exact) mass is 423 g/mol. The van der Waals surface area contributed by atoms with Gasteiger partial charge in [0.2, 0.25) is 0 Å². The van der Waals surface area contributed by atoms with Crippen molar-refractivity contribution in [2.24, 2.45) is 0 Å². The number of hydrogen-bond acceptors (Lipinski definition) is 5. The zero-order chi connectivity index (χ0) is 21.8. The number of amides is 1. The van der Waals surface area contributed by atoms with Gasteiger partial charge in [-0.3, -0.25) is 10.2 Å². The van der Waals surface area contributed by atoms with E-state index in [4.69, 9.17) is 4.74 Å². The third kappa shape index (κ3) is 4.80. The molecule has 0 saturated heterocycles. The van der Waals surface area contributed by atoms with Crippen molar-refractivity contribution in [1.82, 2.24) is 19.9 Å². The van der Waals surface area contributed by atoms with Crippen LogP contribution in [0.2, 0.25) is 0 Å². The fourth-order valence-electron chi connectivity index (χ4n) is 4.00. The van der Waals surface area contributed by atoms with Crippen LogP contribution in [0, 0.1) is 0 Å². The summed E-state index contributed by atoms with van der Waals surface area (Å²) in [6, 6.07) is 6.88. The second-order valence-electron chi connectivity index (χ2n) is 7.92. The number of nitrogens with one attached hydrogen (secondary N) is 2. The maximum Gasteiger partial charge on any atom is 0.410 e. The molecule has 0 bridgehead atoms. The molecule has 3 heterocycles.